The average Bonchev–Trinajstić information content (AvgIpc) is 3.24. The van der Waals surface area contributed by atoms with E-state index in [4.69, 9.17) is 4.74 Å². The molecular weight excluding hydrogens is 386 g/mol. The van der Waals surface area contributed by atoms with Gasteiger partial charge in [-0.1, -0.05) is 58.3 Å². The molecule has 1 amide bonds. The minimum atomic E-state index is 0.0162. The van der Waals surface area contributed by atoms with Gasteiger partial charge in [-0.3, -0.25) is 9.28 Å². The fourth-order valence-corrected chi connectivity index (χ4v) is 4.40. The van der Waals surface area contributed by atoms with E-state index in [0.29, 0.717) is 6.54 Å². The van der Waals surface area contributed by atoms with Gasteiger partial charge in [-0.2, -0.15) is 0 Å². The van der Waals surface area contributed by atoms with Crippen LogP contribution in [0.15, 0.2) is 24.3 Å². The van der Waals surface area contributed by atoms with Crippen LogP contribution in [0.4, 0.5) is 5.69 Å². The minimum Gasteiger partial charge on any atom is -0.378 e. The number of quaternary nitrogens is 1. The second-order valence-corrected chi connectivity index (χ2v) is 9.43. The molecule has 1 aromatic rings. The molecule has 5 nitrogen and oxygen atoms in total. The van der Waals surface area contributed by atoms with Crippen LogP contribution in [0.25, 0.3) is 0 Å². The Balaban J connectivity index is 1.62. The summed E-state index contributed by atoms with van der Waals surface area (Å²) in [4.78, 5) is 14.5. The summed E-state index contributed by atoms with van der Waals surface area (Å²) in [6.07, 6.45) is 13.7. The van der Waals surface area contributed by atoms with Crippen LogP contribution in [0.5, 0.6) is 0 Å². The van der Waals surface area contributed by atoms with E-state index in [0.717, 1.165) is 42.2 Å². The SMILES string of the molecule is CCCCCCCCCCCC[N+]1(CCNC(=O)c2ccc(N(C)C)cc2)CCOC1. The van der Waals surface area contributed by atoms with Crippen LogP contribution in [0.3, 0.4) is 0 Å². The van der Waals surface area contributed by atoms with E-state index in [-0.39, 0.29) is 5.91 Å². The molecule has 0 aliphatic carbocycles. The number of nitrogens with one attached hydrogen (secondary N) is 1. The monoisotopic (exact) mass is 432 g/mol. The Kier molecular flexibility index (Phi) is 12.0. The molecule has 0 spiro atoms. The van der Waals surface area contributed by atoms with Gasteiger partial charge in [0.25, 0.3) is 5.91 Å². The second-order valence-electron chi connectivity index (χ2n) is 9.43. The highest BCUT2D eigenvalue weighted by Gasteiger charge is 2.31. The van der Waals surface area contributed by atoms with Gasteiger partial charge in [0.15, 0.2) is 6.73 Å². The lowest BCUT2D eigenvalue weighted by molar-refractivity contribution is -0.924. The van der Waals surface area contributed by atoms with E-state index in [2.05, 4.69) is 12.2 Å². The first kappa shape index (κ1) is 25.7. The molecule has 0 aromatic heterocycles. The van der Waals surface area contributed by atoms with Crippen molar-refractivity contribution >= 4 is 11.6 Å². The number of anilines is 1. The fourth-order valence-electron chi connectivity index (χ4n) is 4.40. The van der Waals surface area contributed by atoms with Crippen LogP contribution in [0, 0.1) is 0 Å². The zero-order valence-corrected chi connectivity index (χ0v) is 20.3. The highest BCUT2D eigenvalue weighted by Crippen LogP contribution is 2.17. The molecule has 1 saturated heterocycles. The van der Waals surface area contributed by atoms with E-state index in [1.54, 1.807) is 0 Å². The second kappa shape index (κ2) is 14.5. The molecule has 0 radical (unpaired) electrons. The van der Waals surface area contributed by atoms with Crippen LogP contribution in [-0.4, -0.2) is 64.0 Å². The van der Waals surface area contributed by atoms with Gasteiger partial charge in [-0.05, 0) is 37.1 Å². The summed E-state index contributed by atoms with van der Waals surface area (Å²) >= 11 is 0. The quantitative estimate of drug-likeness (QED) is 0.288. The van der Waals surface area contributed by atoms with Crippen molar-refractivity contribution in [3.63, 3.8) is 0 Å². The Morgan fingerprint density at radius 3 is 2.10 bits per heavy atom. The third-order valence-corrected chi connectivity index (χ3v) is 6.58. The van der Waals surface area contributed by atoms with E-state index < -0.39 is 0 Å². The van der Waals surface area contributed by atoms with Crippen LogP contribution < -0.4 is 10.2 Å². The Hall–Kier alpha value is -1.59. The summed E-state index contributed by atoms with van der Waals surface area (Å²) in [6, 6.07) is 7.78. The van der Waals surface area contributed by atoms with Crippen molar-refractivity contribution < 1.29 is 14.0 Å². The van der Waals surface area contributed by atoms with Crippen molar-refractivity contribution in [2.45, 2.75) is 71.1 Å². The molecule has 0 bridgehead atoms. The number of carbonyl (C=O) groups is 1. The Morgan fingerprint density at radius 1 is 0.935 bits per heavy atom. The Labute approximate surface area is 190 Å². The molecule has 1 heterocycles. The van der Waals surface area contributed by atoms with Crippen molar-refractivity contribution in [2.75, 3.05) is 58.5 Å². The zero-order chi connectivity index (χ0) is 22.4. The summed E-state index contributed by atoms with van der Waals surface area (Å²) in [5.74, 6) is 0.0162. The molecule has 1 atom stereocenters. The van der Waals surface area contributed by atoms with Crippen molar-refractivity contribution in [3.8, 4) is 0 Å². The summed E-state index contributed by atoms with van der Waals surface area (Å²) in [6.45, 7) is 7.82. The molecule has 1 fully saturated rings. The molecule has 5 heteroatoms. The molecule has 1 unspecified atom stereocenters. The number of ether oxygens (including phenoxy) is 1. The molecule has 1 N–H and O–H groups in total. The zero-order valence-electron chi connectivity index (χ0n) is 20.3. The van der Waals surface area contributed by atoms with Gasteiger partial charge in [0.05, 0.1) is 19.6 Å². The molecule has 176 valence electrons. The van der Waals surface area contributed by atoms with Crippen LogP contribution >= 0.6 is 0 Å². The smallest absolute Gasteiger partial charge is 0.251 e. The number of unbranched alkanes of at least 4 members (excludes halogenated alkanes) is 9. The van der Waals surface area contributed by atoms with Gasteiger partial charge >= 0.3 is 0 Å². The molecule has 1 aliphatic rings. The van der Waals surface area contributed by atoms with Crippen molar-refractivity contribution in [2.24, 2.45) is 0 Å². The normalized spacial score (nSPS) is 18.3. The number of benzene rings is 1. The van der Waals surface area contributed by atoms with Crippen LogP contribution in [-0.2, 0) is 4.74 Å². The van der Waals surface area contributed by atoms with Gasteiger partial charge in [0.2, 0.25) is 0 Å². The maximum absolute atomic E-state index is 12.5. The molecule has 1 aliphatic heterocycles. The van der Waals surface area contributed by atoms with E-state index >= 15 is 0 Å². The van der Waals surface area contributed by atoms with Gasteiger partial charge in [0.1, 0.15) is 13.2 Å². The first-order valence-electron chi connectivity index (χ1n) is 12.5. The summed E-state index contributed by atoms with van der Waals surface area (Å²) in [5, 5.41) is 3.11. The number of hydrogen-bond donors (Lipinski definition) is 1. The van der Waals surface area contributed by atoms with Crippen molar-refractivity contribution in [1.82, 2.24) is 5.32 Å². The van der Waals surface area contributed by atoms with Crippen LogP contribution in [0.2, 0.25) is 0 Å². The highest BCUT2D eigenvalue weighted by atomic mass is 16.5. The number of rotatable bonds is 16. The molecule has 0 saturated carbocycles. The first-order chi connectivity index (χ1) is 15.1. The third kappa shape index (κ3) is 9.61. The van der Waals surface area contributed by atoms with E-state index in [9.17, 15) is 4.79 Å². The van der Waals surface area contributed by atoms with E-state index in [1.807, 2.05) is 43.3 Å². The predicted octanol–water partition coefficient (Wildman–Crippen LogP) is 5.21. The first-order valence-corrected chi connectivity index (χ1v) is 12.5. The Morgan fingerprint density at radius 2 is 1.55 bits per heavy atom. The van der Waals surface area contributed by atoms with Crippen LogP contribution in [0.1, 0.15) is 81.5 Å². The number of hydrogen-bond acceptors (Lipinski definition) is 3. The summed E-state index contributed by atoms with van der Waals surface area (Å²) in [5.41, 5.74) is 1.83. The lowest BCUT2D eigenvalue weighted by Gasteiger charge is -2.32. The summed E-state index contributed by atoms with van der Waals surface area (Å²) < 4.78 is 6.73. The number of nitrogens with zero attached hydrogens (tertiary/aromatic N) is 2. The Bertz CT molecular complexity index is 610. The van der Waals surface area contributed by atoms with Crippen molar-refractivity contribution in [1.29, 1.82) is 0 Å². The fraction of sp³-hybridized carbons (Fsp3) is 0.731. The molecule has 1 aromatic carbocycles. The van der Waals surface area contributed by atoms with E-state index in [1.165, 1.54) is 70.8 Å². The lowest BCUT2D eigenvalue weighted by atomic mass is 10.1. The van der Waals surface area contributed by atoms with Gasteiger partial charge in [-0.25, -0.2) is 0 Å². The van der Waals surface area contributed by atoms with Gasteiger partial charge in [-0.15, -0.1) is 0 Å². The maximum Gasteiger partial charge on any atom is 0.251 e. The minimum absolute atomic E-state index is 0.0162. The molecule has 31 heavy (non-hydrogen) atoms. The summed E-state index contributed by atoms with van der Waals surface area (Å²) in [7, 11) is 4.01. The topological polar surface area (TPSA) is 41.6 Å². The largest absolute Gasteiger partial charge is 0.378 e. The standard InChI is InChI=1S/C26H45N3O2/c1-4-5-6-7-8-9-10-11-12-13-19-29(21-22-31-23-29)20-18-27-26(30)24-14-16-25(17-15-24)28(2)3/h14-17H,4-13,18-23H2,1-3H3/p+1. The predicted molar refractivity (Wildman–Crippen MR) is 131 cm³/mol. The van der Waals surface area contributed by atoms with Gasteiger partial charge < -0.3 is 15.0 Å². The lowest BCUT2D eigenvalue weighted by Crippen LogP contribution is -2.50. The molecular formula is C26H46N3O2+. The molecule has 2 rings (SSSR count). The maximum atomic E-state index is 12.5. The number of carbonyl (C=O) groups excluding carboxylic acids is 1. The third-order valence-electron chi connectivity index (χ3n) is 6.58. The average molecular weight is 433 g/mol. The number of amides is 1. The van der Waals surface area contributed by atoms with Gasteiger partial charge in [0, 0.05) is 25.3 Å². The highest BCUT2D eigenvalue weighted by molar-refractivity contribution is 5.94. The van der Waals surface area contributed by atoms with Crippen molar-refractivity contribution in [3.05, 3.63) is 29.8 Å².